The average Bonchev–Trinajstić information content (AvgIpc) is 2.95. The van der Waals surface area contributed by atoms with Crippen molar-refractivity contribution < 1.29 is 18.3 Å². The Morgan fingerprint density at radius 3 is 2.47 bits per heavy atom. The number of rotatable bonds is 3. The molecule has 3 N–H and O–H groups in total. The van der Waals surface area contributed by atoms with Crippen LogP contribution < -0.4 is 5.73 Å². The molecule has 3 unspecified atom stereocenters. The van der Waals surface area contributed by atoms with Crippen molar-refractivity contribution in [1.82, 2.24) is 0 Å². The van der Waals surface area contributed by atoms with Crippen LogP contribution in [0.5, 0.6) is 0 Å². The lowest BCUT2D eigenvalue weighted by Crippen LogP contribution is -2.28. The molecule has 0 spiro atoms. The maximum absolute atomic E-state index is 12.6. The number of halogens is 4. The summed E-state index contributed by atoms with van der Waals surface area (Å²) in [5.74, 6) is 0. The van der Waals surface area contributed by atoms with Gasteiger partial charge in [0.05, 0.1) is 10.9 Å². The average molecular weight is 292 g/mol. The SMILES string of the molecule is C=C(c1ccccc1C(O)C(F)(F)F)C1(N)CC1Cl. The van der Waals surface area contributed by atoms with E-state index in [1.54, 1.807) is 6.07 Å². The highest BCUT2D eigenvalue weighted by molar-refractivity contribution is 6.25. The number of alkyl halides is 4. The van der Waals surface area contributed by atoms with Crippen molar-refractivity contribution in [2.45, 2.75) is 29.6 Å². The minimum absolute atomic E-state index is 0.206. The maximum atomic E-state index is 12.6. The molecular formula is C13H13ClF3NO. The van der Waals surface area contributed by atoms with Crippen LogP contribution in [0.3, 0.4) is 0 Å². The van der Waals surface area contributed by atoms with Gasteiger partial charge in [-0.05, 0) is 23.1 Å². The van der Waals surface area contributed by atoms with Crippen molar-refractivity contribution in [1.29, 1.82) is 0 Å². The zero-order valence-electron chi connectivity index (χ0n) is 9.91. The molecule has 1 aromatic carbocycles. The molecule has 19 heavy (non-hydrogen) atoms. The quantitative estimate of drug-likeness (QED) is 0.841. The number of nitrogens with two attached hydrogens (primary N) is 1. The highest BCUT2D eigenvalue weighted by atomic mass is 35.5. The van der Waals surface area contributed by atoms with Crippen LogP contribution in [0.4, 0.5) is 13.2 Å². The Morgan fingerprint density at radius 1 is 1.47 bits per heavy atom. The molecule has 0 radical (unpaired) electrons. The zero-order valence-corrected chi connectivity index (χ0v) is 10.7. The van der Waals surface area contributed by atoms with Gasteiger partial charge in [0.1, 0.15) is 0 Å². The van der Waals surface area contributed by atoms with Crippen LogP contribution in [0.15, 0.2) is 30.8 Å². The molecule has 0 aromatic heterocycles. The first-order valence-corrected chi connectivity index (χ1v) is 6.08. The Kier molecular flexibility index (Phi) is 3.41. The van der Waals surface area contributed by atoms with Crippen LogP contribution in [-0.2, 0) is 0 Å². The summed E-state index contributed by atoms with van der Waals surface area (Å²) in [6.07, 6.45) is -6.83. The first-order valence-electron chi connectivity index (χ1n) is 5.64. The van der Waals surface area contributed by atoms with E-state index in [1.165, 1.54) is 18.2 Å². The van der Waals surface area contributed by atoms with Gasteiger partial charge in [0.15, 0.2) is 6.10 Å². The Bertz CT molecular complexity index is 517. The summed E-state index contributed by atoms with van der Waals surface area (Å²) in [5, 5.41) is 9.06. The summed E-state index contributed by atoms with van der Waals surface area (Å²) in [6, 6.07) is 5.67. The van der Waals surface area contributed by atoms with E-state index in [2.05, 4.69) is 6.58 Å². The summed E-state index contributed by atoms with van der Waals surface area (Å²) < 4.78 is 37.9. The summed E-state index contributed by atoms with van der Waals surface area (Å²) in [7, 11) is 0. The third-order valence-electron chi connectivity index (χ3n) is 3.37. The van der Waals surface area contributed by atoms with Crippen molar-refractivity contribution >= 4 is 17.2 Å². The molecule has 104 valence electrons. The smallest absolute Gasteiger partial charge is 0.379 e. The predicted octanol–water partition coefficient (Wildman–Crippen LogP) is 3.00. The molecule has 2 rings (SSSR count). The van der Waals surface area contributed by atoms with Gasteiger partial charge in [0, 0.05) is 0 Å². The first kappa shape index (κ1) is 14.4. The second-order valence-electron chi connectivity index (χ2n) is 4.72. The van der Waals surface area contributed by atoms with Crippen molar-refractivity contribution in [2.75, 3.05) is 0 Å². The second kappa shape index (κ2) is 4.51. The zero-order chi connectivity index (χ0) is 14.4. The van der Waals surface area contributed by atoms with E-state index in [-0.39, 0.29) is 16.5 Å². The third kappa shape index (κ3) is 2.50. The molecule has 0 heterocycles. The largest absolute Gasteiger partial charge is 0.418 e. The number of hydrogen-bond acceptors (Lipinski definition) is 2. The van der Waals surface area contributed by atoms with Crippen LogP contribution in [0, 0.1) is 0 Å². The number of benzene rings is 1. The Labute approximate surface area is 113 Å². The Balaban J connectivity index is 2.40. The summed E-state index contributed by atoms with van der Waals surface area (Å²) in [5.41, 5.74) is 5.35. The van der Waals surface area contributed by atoms with Gasteiger partial charge < -0.3 is 10.8 Å². The van der Waals surface area contributed by atoms with E-state index < -0.39 is 17.8 Å². The van der Waals surface area contributed by atoms with E-state index in [4.69, 9.17) is 17.3 Å². The Morgan fingerprint density at radius 2 is 2.00 bits per heavy atom. The van der Waals surface area contributed by atoms with Crippen LogP contribution in [0.2, 0.25) is 0 Å². The molecule has 3 atom stereocenters. The lowest BCUT2D eigenvalue weighted by molar-refractivity contribution is -0.206. The molecule has 0 saturated heterocycles. The molecule has 0 bridgehead atoms. The molecule has 2 nitrogen and oxygen atoms in total. The molecule has 1 aromatic rings. The van der Waals surface area contributed by atoms with E-state index in [0.717, 1.165) is 0 Å². The van der Waals surface area contributed by atoms with Crippen molar-refractivity contribution in [3.8, 4) is 0 Å². The highest BCUT2D eigenvalue weighted by Gasteiger charge is 2.53. The molecule has 6 heteroatoms. The molecule has 0 aliphatic heterocycles. The number of hydrogen-bond donors (Lipinski definition) is 2. The second-order valence-corrected chi connectivity index (χ2v) is 5.25. The minimum atomic E-state index is -4.73. The minimum Gasteiger partial charge on any atom is -0.379 e. The maximum Gasteiger partial charge on any atom is 0.418 e. The monoisotopic (exact) mass is 291 g/mol. The molecule has 1 saturated carbocycles. The number of aliphatic hydroxyl groups is 1. The highest BCUT2D eigenvalue weighted by Crippen LogP contribution is 2.49. The Hall–Kier alpha value is -1.04. The van der Waals surface area contributed by atoms with Gasteiger partial charge in [-0.15, -0.1) is 11.6 Å². The van der Waals surface area contributed by atoms with E-state index >= 15 is 0 Å². The van der Waals surface area contributed by atoms with Crippen LogP contribution in [0.1, 0.15) is 23.7 Å². The fourth-order valence-corrected chi connectivity index (χ4v) is 2.37. The van der Waals surface area contributed by atoms with E-state index in [0.29, 0.717) is 12.0 Å². The lowest BCUT2D eigenvalue weighted by atomic mass is 9.91. The molecule has 0 amide bonds. The number of aliphatic hydroxyl groups excluding tert-OH is 1. The first-order chi connectivity index (χ1) is 8.68. The van der Waals surface area contributed by atoms with Gasteiger partial charge in [-0.3, -0.25) is 0 Å². The van der Waals surface area contributed by atoms with E-state index in [9.17, 15) is 18.3 Å². The molecule has 1 aliphatic rings. The van der Waals surface area contributed by atoms with Gasteiger partial charge in [-0.2, -0.15) is 13.2 Å². The van der Waals surface area contributed by atoms with Crippen molar-refractivity contribution in [3.05, 3.63) is 42.0 Å². The molecular weight excluding hydrogens is 279 g/mol. The predicted molar refractivity (Wildman–Crippen MR) is 67.7 cm³/mol. The van der Waals surface area contributed by atoms with Crippen molar-refractivity contribution in [2.24, 2.45) is 5.73 Å². The topological polar surface area (TPSA) is 46.2 Å². The van der Waals surface area contributed by atoms with Gasteiger partial charge in [0.25, 0.3) is 0 Å². The van der Waals surface area contributed by atoms with Crippen LogP contribution in [0.25, 0.3) is 5.57 Å². The third-order valence-corrected chi connectivity index (χ3v) is 3.91. The van der Waals surface area contributed by atoms with Gasteiger partial charge in [-0.25, -0.2) is 0 Å². The fraction of sp³-hybridized carbons (Fsp3) is 0.385. The normalized spacial score (nSPS) is 28.0. The summed E-state index contributed by atoms with van der Waals surface area (Å²) in [4.78, 5) is 0. The van der Waals surface area contributed by atoms with Crippen LogP contribution >= 0.6 is 11.6 Å². The van der Waals surface area contributed by atoms with Gasteiger partial charge in [0.2, 0.25) is 0 Å². The van der Waals surface area contributed by atoms with E-state index in [1.807, 2.05) is 0 Å². The van der Waals surface area contributed by atoms with Crippen LogP contribution in [-0.4, -0.2) is 22.2 Å². The van der Waals surface area contributed by atoms with Gasteiger partial charge in [-0.1, -0.05) is 30.8 Å². The molecule has 1 aliphatic carbocycles. The van der Waals surface area contributed by atoms with Crippen molar-refractivity contribution in [3.63, 3.8) is 0 Å². The summed E-state index contributed by atoms with van der Waals surface area (Å²) in [6.45, 7) is 3.75. The summed E-state index contributed by atoms with van der Waals surface area (Å²) >= 11 is 5.89. The lowest BCUT2D eigenvalue weighted by Gasteiger charge is -2.22. The standard InChI is InChI=1S/C13H13ClF3NO/c1-7(12(18)6-10(12)14)8-4-2-3-5-9(8)11(19)13(15,16)17/h2-5,10-11,19H,1,6,18H2. The molecule has 1 fully saturated rings. The fourth-order valence-electron chi connectivity index (χ4n) is 1.99. The van der Waals surface area contributed by atoms with Gasteiger partial charge >= 0.3 is 6.18 Å².